The number of rotatable bonds is 12. The summed E-state index contributed by atoms with van der Waals surface area (Å²) < 4.78 is 21.6. The van der Waals surface area contributed by atoms with Gasteiger partial charge in [0.25, 0.3) is 0 Å². The van der Waals surface area contributed by atoms with Crippen molar-refractivity contribution in [3.8, 4) is 23.0 Å². The molecule has 13 heteroatoms. The third-order valence-electron chi connectivity index (χ3n) is 5.14. The van der Waals surface area contributed by atoms with Crippen LogP contribution in [0.2, 0.25) is 10.0 Å². The van der Waals surface area contributed by atoms with E-state index in [1.165, 1.54) is 26.4 Å². The largest absolute Gasteiger partial charge is 0.494 e. The molecule has 0 heterocycles. The summed E-state index contributed by atoms with van der Waals surface area (Å²) in [5.74, 6) is 1.45. The van der Waals surface area contributed by atoms with Gasteiger partial charge >= 0.3 is 0 Å². The van der Waals surface area contributed by atoms with Gasteiger partial charge in [-0.25, -0.2) is 0 Å². The molecule has 0 atom stereocenters. The summed E-state index contributed by atoms with van der Waals surface area (Å²) in [4.78, 5) is 12.2. The molecule has 0 saturated carbocycles. The highest BCUT2D eigenvalue weighted by atomic mass is 35.5. The maximum atomic E-state index is 12.2. The topological polar surface area (TPSA) is 86.6 Å². The molecule has 0 amide bonds. The lowest BCUT2D eigenvalue weighted by atomic mass is 9.99. The number of ketones is 1. The Bertz CT molecular complexity index is 1270. The van der Waals surface area contributed by atoms with E-state index < -0.39 is 0 Å². The lowest BCUT2D eigenvalue weighted by molar-refractivity contribution is 0.0936. The van der Waals surface area contributed by atoms with Crippen molar-refractivity contribution in [1.29, 1.82) is 0 Å². The minimum absolute atomic E-state index is 0.0209. The van der Waals surface area contributed by atoms with Crippen molar-refractivity contribution in [2.75, 3.05) is 27.4 Å². The van der Waals surface area contributed by atoms with Gasteiger partial charge in [-0.3, -0.25) is 4.79 Å². The van der Waals surface area contributed by atoms with E-state index >= 15 is 0 Å². The number of halogens is 6. The number of hydrogen-bond donors (Lipinski definition) is 1. The van der Waals surface area contributed by atoms with Crippen LogP contribution in [0.1, 0.15) is 43.6 Å². The maximum absolute atomic E-state index is 12.2. The Hall–Kier alpha value is -2.00. The Balaban J connectivity index is 0.000000410. The molecule has 1 N–H and O–H groups in total. The molecule has 41 heavy (non-hydrogen) atoms. The van der Waals surface area contributed by atoms with E-state index in [9.17, 15) is 10.0 Å². The van der Waals surface area contributed by atoms with Crippen molar-refractivity contribution in [1.82, 2.24) is 0 Å². The van der Waals surface area contributed by atoms with Crippen molar-refractivity contribution >= 4 is 81.1 Å². The van der Waals surface area contributed by atoms with Gasteiger partial charge in [0.2, 0.25) is 0 Å². The normalized spacial score (nSPS) is 10.9. The molecule has 0 radical (unpaired) electrons. The van der Waals surface area contributed by atoms with Crippen LogP contribution in [-0.2, 0) is 0 Å². The summed E-state index contributed by atoms with van der Waals surface area (Å²) in [7, 11) is 2.96. The molecule has 0 aromatic heterocycles. The van der Waals surface area contributed by atoms with E-state index in [0.717, 1.165) is 0 Å². The minimum atomic E-state index is -0.174. The van der Waals surface area contributed by atoms with Crippen molar-refractivity contribution < 1.29 is 28.9 Å². The van der Waals surface area contributed by atoms with Crippen LogP contribution >= 0.6 is 69.6 Å². The lowest BCUT2D eigenvalue weighted by Crippen LogP contribution is -2.12. The highest BCUT2D eigenvalue weighted by molar-refractivity contribution is 6.56. The molecule has 0 aliphatic rings. The molecule has 0 fully saturated rings. The van der Waals surface area contributed by atoms with Crippen LogP contribution in [0, 0.1) is 11.8 Å². The van der Waals surface area contributed by atoms with Gasteiger partial charge in [-0.2, -0.15) is 0 Å². The van der Waals surface area contributed by atoms with Gasteiger partial charge < -0.3 is 24.2 Å². The fourth-order valence-electron chi connectivity index (χ4n) is 3.29. The van der Waals surface area contributed by atoms with Crippen LogP contribution < -0.4 is 18.9 Å². The van der Waals surface area contributed by atoms with Crippen molar-refractivity contribution in [2.45, 2.75) is 27.7 Å². The zero-order valence-electron chi connectivity index (χ0n) is 23.2. The maximum Gasteiger partial charge on any atom is 0.169 e. The number of methoxy groups -OCH3 is 2. The third-order valence-corrected chi connectivity index (χ3v) is 6.32. The molecule has 2 rings (SSSR count). The molecule has 2 aromatic carbocycles. The van der Waals surface area contributed by atoms with Crippen molar-refractivity contribution in [3.63, 3.8) is 0 Å². The summed E-state index contributed by atoms with van der Waals surface area (Å²) >= 11 is 34.3. The Morgan fingerprint density at radius 3 is 1.54 bits per heavy atom. The Morgan fingerprint density at radius 1 is 0.780 bits per heavy atom. The first-order valence-corrected chi connectivity index (χ1v) is 14.3. The number of ether oxygens (including phenoxy) is 4. The van der Waals surface area contributed by atoms with Crippen molar-refractivity contribution in [3.05, 3.63) is 66.6 Å². The number of nitrogens with zero attached hydrogens (tertiary/aromatic N) is 1. The standard InChI is InChI=1S/C14H16Cl3NO3.C14H15Cl3O3/c1-8(2)13(18-19)10-6-9(21-5-4-12(16)17)7-11(15)14(10)20-3;1-8(2)13(18)10-6-9(20-5-4-12(16)17)7-11(15)14(10)19-3/h4,6-8,19H,5H2,1-3H3;4,6-8H,5H2,1-3H3/b18-13+;. The second-order valence-corrected chi connectivity index (χ2v) is 11.6. The molecule has 0 saturated heterocycles. The van der Waals surface area contributed by atoms with Gasteiger partial charge in [-0.1, -0.05) is 102 Å². The Kier molecular flexibility index (Phi) is 16.7. The highest BCUT2D eigenvalue weighted by Crippen LogP contribution is 2.36. The number of carbonyl (C=O) groups excluding carboxylic acids is 1. The molecular weight excluding hydrogens is 659 g/mol. The van der Waals surface area contributed by atoms with Crippen LogP contribution in [-0.4, -0.2) is 44.1 Å². The Morgan fingerprint density at radius 2 is 1.20 bits per heavy atom. The number of Topliss-reactive ketones (excluding diaryl/α,β-unsaturated/α-hetero) is 1. The SMILES string of the molecule is COc1c(Cl)cc(OCC=C(Cl)Cl)cc1/C(=N/O)C(C)C.COc1c(Cl)cc(OCC=C(Cl)Cl)cc1C(=O)C(C)C. The molecule has 0 spiro atoms. The van der Waals surface area contributed by atoms with Crippen molar-refractivity contribution in [2.24, 2.45) is 17.0 Å². The molecule has 2 aromatic rings. The first-order valence-electron chi connectivity index (χ1n) is 12.1. The summed E-state index contributed by atoms with van der Waals surface area (Å²) in [5.41, 5.74) is 1.41. The first kappa shape index (κ1) is 37.0. The average molecular weight is 690 g/mol. The molecule has 7 nitrogen and oxygen atoms in total. The molecular formula is C28H31Cl6NO6. The third kappa shape index (κ3) is 12.0. The smallest absolute Gasteiger partial charge is 0.169 e. The van der Waals surface area contributed by atoms with E-state index in [1.54, 1.807) is 38.1 Å². The molecule has 0 bridgehead atoms. The van der Waals surface area contributed by atoms with Gasteiger partial charge in [-0.15, -0.1) is 0 Å². The second-order valence-electron chi connectivity index (χ2n) is 8.74. The Labute approximate surface area is 270 Å². The van der Waals surface area contributed by atoms with E-state index in [4.69, 9.17) is 88.6 Å². The molecule has 0 aliphatic carbocycles. The summed E-state index contributed by atoms with van der Waals surface area (Å²) in [6.45, 7) is 7.77. The lowest BCUT2D eigenvalue weighted by Gasteiger charge is -2.16. The van der Waals surface area contributed by atoms with Crippen LogP contribution in [0.15, 0.2) is 50.6 Å². The van der Waals surface area contributed by atoms with Gasteiger partial charge in [0.05, 0.1) is 35.5 Å². The van der Waals surface area contributed by atoms with Crippen LogP contribution in [0.5, 0.6) is 23.0 Å². The fraction of sp³-hybridized carbons (Fsp3) is 0.357. The van der Waals surface area contributed by atoms with Crippen LogP contribution in [0.3, 0.4) is 0 Å². The van der Waals surface area contributed by atoms with Crippen LogP contribution in [0.25, 0.3) is 0 Å². The quantitative estimate of drug-likeness (QED) is 0.103. The fourth-order valence-corrected chi connectivity index (χ4v) is 4.11. The number of benzene rings is 2. The highest BCUT2D eigenvalue weighted by Gasteiger charge is 2.20. The van der Waals surface area contributed by atoms with Gasteiger partial charge in [0.15, 0.2) is 5.78 Å². The molecule has 226 valence electrons. The number of hydrogen-bond acceptors (Lipinski definition) is 7. The number of oxime groups is 1. The van der Waals surface area contributed by atoms with E-state index in [-0.39, 0.29) is 39.8 Å². The van der Waals surface area contributed by atoms with E-state index in [1.807, 2.05) is 13.8 Å². The van der Waals surface area contributed by atoms with Gasteiger partial charge in [-0.05, 0) is 30.2 Å². The molecule has 0 unspecified atom stereocenters. The second kappa shape index (κ2) is 18.5. The average Bonchev–Trinajstić information content (AvgIpc) is 2.88. The zero-order valence-corrected chi connectivity index (χ0v) is 27.8. The first-order chi connectivity index (χ1) is 19.3. The van der Waals surface area contributed by atoms with Gasteiger partial charge in [0.1, 0.15) is 45.2 Å². The monoisotopic (exact) mass is 687 g/mol. The summed E-state index contributed by atoms with van der Waals surface area (Å²) in [6, 6.07) is 6.47. The summed E-state index contributed by atoms with van der Waals surface area (Å²) in [5, 5.41) is 13.2. The zero-order chi connectivity index (χ0) is 31.3. The van der Waals surface area contributed by atoms with Crippen LogP contribution in [0.4, 0.5) is 0 Å². The summed E-state index contributed by atoms with van der Waals surface area (Å²) in [6.07, 6.45) is 3.00. The van der Waals surface area contributed by atoms with Gasteiger partial charge in [0, 0.05) is 23.6 Å². The predicted molar refractivity (Wildman–Crippen MR) is 169 cm³/mol. The van der Waals surface area contributed by atoms with E-state index in [0.29, 0.717) is 49.9 Å². The number of carbonyl (C=O) groups is 1. The predicted octanol–water partition coefficient (Wildman–Crippen LogP) is 9.77. The van der Waals surface area contributed by atoms with E-state index in [2.05, 4.69) is 5.16 Å². The minimum Gasteiger partial charge on any atom is -0.494 e. The molecule has 0 aliphatic heterocycles.